The van der Waals surface area contributed by atoms with Crippen molar-refractivity contribution in [2.24, 2.45) is 0 Å². The molecule has 0 atom stereocenters. The van der Waals surface area contributed by atoms with Gasteiger partial charge in [-0.15, -0.1) is 11.6 Å². The molecule has 0 aliphatic carbocycles. The van der Waals surface area contributed by atoms with E-state index in [-0.39, 0.29) is 17.3 Å². The fourth-order valence-corrected chi connectivity index (χ4v) is 1.28. The number of benzene rings is 1. The Bertz CT molecular complexity index is 484. The van der Waals surface area contributed by atoms with Crippen LogP contribution in [0.4, 0.5) is 8.78 Å². The van der Waals surface area contributed by atoms with Gasteiger partial charge in [0.1, 0.15) is 17.9 Å². The molecule has 0 radical (unpaired) electrons. The van der Waals surface area contributed by atoms with Gasteiger partial charge in [-0.1, -0.05) is 0 Å². The average molecular weight is 230 g/mol. The molecule has 1 aromatic carbocycles. The van der Waals surface area contributed by atoms with E-state index in [2.05, 4.69) is 4.98 Å². The van der Waals surface area contributed by atoms with Gasteiger partial charge in [-0.3, -0.25) is 0 Å². The molecule has 0 amide bonds. The molecular formula is C10H6ClF2NO. The standard InChI is InChI=1S/C10H6ClF2NO/c11-4-7-5-15-10(14-7)8-2-1-6(12)3-9(8)13/h1-3,5H,4H2. The van der Waals surface area contributed by atoms with E-state index in [4.69, 9.17) is 16.0 Å². The van der Waals surface area contributed by atoms with E-state index < -0.39 is 11.6 Å². The maximum Gasteiger partial charge on any atom is 0.229 e. The molecule has 0 unspecified atom stereocenters. The summed E-state index contributed by atoms with van der Waals surface area (Å²) in [5.74, 6) is -1.06. The highest BCUT2D eigenvalue weighted by Gasteiger charge is 2.11. The molecule has 1 heterocycles. The summed E-state index contributed by atoms with van der Waals surface area (Å²) in [4.78, 5) is 3.93. The van der Waals surface area contributed by atoms with Crippen molar-refractivity contribution >= 4 is 11.6 Å². The van der Waals surface area contributed by atoms with Gasteiger partial charge < -0.3 is 4.42 Å². The first-order valence-electron chi connectivity index (χ1n) is 4.16. The Hall–Kier alpha value is -1.42. The number of hydrogen-bond acceptors (Lipinski definition) is 2. The van der Waals surface area contributed by atoms with Crippen LogP contribution in [0.1, 0.15) is 5.69 Å². The number of halogens is 3. The molecule has 0 fully saturated rings. The number of aromatic nitrogens is 1. The van der Waals surface area contributed by atoms with Crippen molar-refractivity contribution in [3.05, 3.63) is 41.8 Å². The Balaban J connectivity index is 2.44. The molecule has 0 N–H and O–H groups in total. The summed E-state index contributed by atoms with van der Waals surface area (Å²) in [6, 6.07) is 3.19. The van der Waals surface area contributed by atoms with Crippen LogP contribution in [-0.4, -0.2) is 4.98 Å². The van der Waals surface area contributed by atoms with Crippen LogP contribution < -0.4 is 0 Å². The van der Waals surface area contributed by atoms with E-state index >= 15 is 0 Å². The van der Waals surface area contributed by atoms with Gasteiger partial charge in [0.05, 0.1) is 17.1 Å². The maximum absolute atomic E-state index is 13.3. The SMILES string of the molecule is Fc1ccc(-c2nc(CCl)co2)c(F)c1. The van der Waals surface area contributed by atoms with E-state index in [0.29, 0.717) is 5.69 Å². The minimum Gasteiger partial charge on any atom is -0.444 e. The zero-order chi connectivity index (χ0) is 10.8. The molecule has 0 aliphatic rings. The van der Waals surface area contributed by atoms with Crippen LogP contribution in [0.15, 0.2) is 28.9 Å². The molecule has 0 saturated carbocycles. The minimum atomic E-state index is -0.710. The summed E-state index contributed by atoms with van der Waals surface area (Å²) in [5, 5.41) is 0. The number of nitrogens with zero attached hydrogens (tertiary/aromatic N) is 1. The van der Waals surface area contributed by atoms with Crippen LogP contribution in [-0.2, 0) is 5.88 Å². The topological polar surface area (TPSA) is 26.0 Å². The molecule has 78 valence electrons. The quantitative estimate of drug-likeness (QED) is 0.738. The van der Waals surface area contributed by atoms with Crippen molar-refractivity contribution in [3.63, 3.8) is 0 Å². The van der Waals surface area contributed by atoms with E-state index in [1.54, 1.807) is 0 Å². The summed E-state index contributed by atoms with van der Waals surface area (Å²) in [5.41, 5.74) is 0.628. The lowest BCUT2D eigenvalue weighted by molar-refractivity contribution is 0.553. The van der Waals surface area contributed by atoms with Crippen molar-refractivity contribution < 1.29 is 13.2 Å². The molecule has 0 bridgehead atoms. The first kappa shape index (κ1) is 10.1. The van der Waals surface area contributed by atoms with Crippen molar-refractivity contribution in [2.75, 3.05) is 0 Å². The highest BCUT2D eigenvalue weighted by Crippen LogP contribution is 2.23. The number of rotatable bonds is 2. The van der Waals surface area contributed by atoms with E-state index in [1.807, 2.05) is 0 Å². The Labute approximate surface area is 89.5 Å². The van der Waals surface area contributed by atoms with Crippen LogP contribution in [0.2, 0.25) is 0 Å². The van der Waals surface area contributed by atoms with Gasteiger partial charge in [-0.25, -0.2) is 13.8 Å². The molecular weight excluding hydrogens is 224 g/mol. The Morgan fingerprint density at radius 1 is 1.33 bits per heavy atom. The lowest BCUT2D eigenvalue weighted by atomic mass is 10.2. The smallest absolute Gasteiger partial charge is 0.229 e. The monoisotopic (exact) mass is 229 g/mol. The highest BCUT2D eigenvalue weighted by molar-refractivity contribution is 6.16. The highest BCUT2D eigenvalue weighted by atomic mass is 35.5. The third-order valence-corrected chi connectivity index (χ3v) is 2.12. The van der Waals surface area contributed by atoms with Gasteiger partial charge in [0.15, 0.2) is 0 Å². The van der Waals surface area contributed by atoms with Gasteiger partial charge in [-0.2, -0.15) is 0 Å². The Morgan fingerprint density at radius 3 is 2.73 bits per heavy atom. The largest absolute Gasteiger partial charge is 0.444 e. The first-order valence-corrected chi connectivity index (χ1v) is 4.70. The molecule has 2 nitrogen and oxygen atoms in total. The second kappa shape index (κ2) is 3.98. The maximum atomic E-state index is 13.3. The third kappa shape index (κ3) is 1.99. The van der Waals surface area contributed by atoms with Crippen LogP contribution in [0, 0.1) is 11.6 Å². The molecule has 2 rings (SSSR count). The van der Waals surface area contributed by atoms with Gasteiger partial charge in [0, 0.05) is 6.07 Å². The fraction of sp³-hybridized carbons (Fsp3) is 0.100. The second-order valence-electron chi connectivity index (χ2n) is 2.90. The lowest BCUT2D eigenvalue weighted by Crippen LogP contribution is -1.86. The van der Waals surface area contributed by atoms with Crippen LogP contribution >= 0.6 is 11.6 Å². The summed E-state index contributed by atoms with van der Waals surface area (Å²) in [6.07, 6.45) is 1.34. The molecule has 0 saturated heterocycles. The summed E-state index contributed by atoms with van der Waals surface area (Å²) >= 11 is 5.52. The lowest BCUT2D eigenvalue weighted by Gasteiger charge is -1.97. The van der Waals surface area contributed by atoms with Crippen molar-refractivity contribution in [2.45, 2.75) is 5.88 Å². The van der Waals surface area contributed by atoms with Gasteiger partial charge >= 0.3 is 0 Å². The second-order valence-corrected chi connectivity index (χ2v) is 3.17. The minimum absolute atomic E-state index is 0.100. The third-order valence-electron chi connectivity index (χ3n) is 1.85. The zero-order valence-electron chi connectivity index (χ0n) is 7.51. The Kier molecular flexibility index (Phi) is 2.68. The van der Waals surface area contributed by atoms with Crippen molar-refractivity contribution in [1.82, 2.24) is 4.98 Å². The number of alkyl halides is 1. The fourth-order valence-electron chi connectivity index (χ4n) is 1.15. The number of oxazole rings is 1. The summed E-state index contributed by atoms with van der Waals surface area (Å²) in [6.45, 7) is 0. The van der Waals surface area contributed by atoms with Crippen LogP contribution in [0.25, 0.3) is 11.5 Å². The Morgan fingerprint density at radius 2 is 2.13 bits per heavy atom. The van der Waals surface area contributed by atoms with E-state index in [1.165, 1.54) is 12.3 Å². The summed E-state index contributed by atoms with van der Waals surface area (Å²) in [7, 11) is 0. The zero-order valence-corrected chi connectivity index (χ0v) is 8.26. The first-order chi connectivity index (χ1) is 7.20. The van der Waals surface area contributed by atoms with Crippen LogP contribution in [0.3, 0.4) is 0 Å². The van der Waals surface area contributed by atoms with Gasteiger partial charge in [0.25, 0.3) is 0 Å². The normalized spacial score (nSPS) is 10.6. The van der Waals surface area contributed by atoms with Gasteiger partial charge in [-0.05, 0) is 12.1 Å². The molecule has 2 aromatic rings. The molecule has 0 spiro atoms. The predicted octanol–water partition coefficient (Wildman–Crippen LogP) is 3.36. The predicted molar refractivity (Wildman–Crippen MR) is 51.4 cm³/mol. The molecule has 0 aliphatic heterocycles. The molecule has 5 heteroatoms. The van der Waals surface area contributed by atoms with Crippen molar-refractivity contribution in [3.8, 4) is 11.5 Å². The van der Waals surface area contributed by atoms with Crippen molar-refractivity contribution in [1.29, 1.82) is 0 Å². The van der Waals surface area contributed by atoms with E-state index in [0.717, 1.165) is 12.1 Å². The average Bonchev–Trinajstić information content (AvgIpc) is 2.66. The molecule has 1 aromatic heterocycles. The van der Waals surface area contributed by atoms with Crippen LogP contribution in [0.5, 0.6) is 0 Å². The molecule has 15 heavy (non-hydrogen) atoms. The van der Waals surface area contributed by atoms with E-state index in [9.17, 15) is 8.78 Å². The van der Waals surface area contributed by atoms with Gasteiger partial charge in [0.2, 0.25) is 5.89 Å². The summed E-state index contributed by atoms with van der Waals surface area (Å²) < 4.78 is 30.9. The number of hydrogen-bond donors (Lipinski definition) is 0.